The van der Waals surface area contributed by atoms with Crippen molar-refractivity contribution in [1.29, 1.82) is 0 Å². The van der Waals surface area contributed by atoms with Gasteiger partial charge in [-0.1, -0.05) is 42.2 Å². The molecule has 1 atom stereocenters. The largest absolute Gasteiger partial charge is 0.489 e. The number of carbonyl (C=O) groups is 1. The van der Waals surface area contributed by atoms with Gasteiger partial charge in [0.1, 0.15) is 18.4 Å². The Morgan fingerprint density at radius 3 is 2.38 bits per heavy atom. The van der Waals surface area contributed by atoms with Gasteiger partial charge in [-0.25, -0.2) is 0 Å². The summed E-state index contributed by atoms with van der Waals surface area (Å²) in [6, 6.07) is 23.2. The van der Waals surface area contributed by atoms with E-state index in [2.05, 4.69) is 49.7 Å². The first kappa shape index (κ1) is 29.2. The van der Waals surface area contributed by atoms with Gasteiger partial charge in [-0.2, -0.15) is 17.4 Å². The first-order valence-corrected chi connectivity index (χ1v) is 15.2. The first-order chi connectivity index (χ1) is 20.3. The van der Waals surface area contributed by atoms with Gasteiger partial charge in [0.25, 0.3) is 10.2 Å². The molecule has 0 radical (unpaired) electrons. The van der Waals surface area contributed by atoms with Crippen molar-refractivity contribution in [3.8, 4) is 17.6 Å². The molecule has 42 heavy (non-hydrogen) atoms. The van der Waals surface area contributed by atoms with Crippen LogP contribution in [0.3, 0.4) is 0 Å². The summed E-state index contributed by atoms with van der Waals surface area (Å²) in [7, 11) is -2.56. The maximum Gasteiger partial charge on any atom is 0.323 e. The number of ether oxygens (including phenoxy) is 2. The van der Waals surface area contributed by atoms with E-state index < -0.39 is 22.2 Å². The Labute approximate surface area is 247 Å². The Morgan fingerprint density at radius 2 is 1.67 bits per heavy atom. The van der Waals surface area contributed by atoms with Crippen molar-refractivity contribution in [2.24, 2.45) is 0 Å². The zero-order valence-electron chi connectivity index (χ0n) is 23.7. The smallest absolute Gasteiger partial charge is 0.323 e. The number of nitrogens with zero attached hydrogens (tertiary/aromatic N) is 2. The molecule has 0 aromatic heterocycles. The number of hydrogen-bond acceptors (Lipinski definition) is 7. The van der Waals surface area contributed by atoms with Crippen LogP contribution in [0.5, 0.6) is 5.75 Å². The number of carbonyl (C=O) groups excluding carboxylic acids is 1. The highest BCUT2D eigenvalue weighted by Gasteiger charge is 2.30. The molecule has 0 unspecified atom stereocenters. The van der Waals surface area contributed by atoms with Crippen molar-refractivity contribution in [2.45, 2.75) is 19.5 Å². The highest BCUT2D eigenvalue weighted by molar-refractivity contribution is 7.87. The van der Waals surface area contributed by atoms with Crippen LogP contribution in [0.15, 0.2) is 78.9 Å². The van der Waals surface area contributed by atoms with E-state index in [1.54, 1.807) is 0 Å². The Hall–Kier alpha value is -4.30. The van der Waals surface area contributed by atoms with Gasteiger partial charge < -0.3 is 19.7 Å². The third kappa shape index (κ3) is 7.12. The second kappa shape index (κ2) is 13.1. The number of benzene rings is 3. The maximum atomic E-state index is 12.6. The summed E-state index contributed by atoms with van der Waals surface area (Å²) in [5, 5.41) is 3.53. The van der Waals surface area contributed by atoms with Gasteiger partial charge >= 0.3 is 5.97 Å². The van der Waals surface area contributed by atoms with E-state index in [4.69, 9.17) is 4.74 Å². The topological polar surface area (TPSA) is 100 Å². The van der Waals surface area contributed by atoms with Crippen molar-refractivity contribution >= 4 is 27.6 Å². The molecule has 0 saturated carbocycles. The van der Waals surface area contributed by atoms with E-state index in [0.29, 0.717) is 32.8 Å². The number of rotatable bonds is 8. The predicted molar refractivity (Wildman–Crippen MR) is 163 cm³/mol. The van der Waals surface area contributed by atoms with Crippen LogP contribution in [-0.4, -0.2) is 64.6 Å². The van der Waals surface area contributed by atoms with E-state index in [0.717, 1.165) is 40.4 Å². The predicted octanol–water partition coefficient (Wildman–Crippen LogP) is 3.13. The van der Waals surface area contributed by atoms with E-state index in [1.165, 1.54) is 23.9 Å². The monoisotopic (exact) mass is 586 g/mol. The van der Waals surface area contributed by atoms with E-state index in [1.807, 2.05) is 60.7 Å². The van der Waals surface area contributed by atoms with Gasteiger partial charge in [-0.15, -0.1) is 0 Å². The molecule has 1 saturated heterocycles. The summed E-state index contributed by atoms with van der Waals surface area (Å²) in [5.41, 5.74) is 6.01. The van der Waals surface area contributed by atoms with Crippen molar-refractivity contribution in [3.05, 3.63) is 101 Å². The molecule has 0 aliphatic carbocycles. The minimum atomic E-state index is -3.79. The standard InChI is InChI=1S/C32H34N4O5S/c1-24(32(37)40-2)34-42(38,39)36-19-17-35(18-20-36)28-13-10-25(11-14-28)8-9-26-12-15-31-29(22-26)30(16-21-41-31)33-23-27-6-4-3-5-7-27/h3-7,10-16,22,24,33-34H,17-21,23H2,1-2H3/t24-/m1/s1. The molecule has 0 amide bonds. The zero-order chi connectivity index (χ0) is 29.5. The molecule has 10 heteroatoms. The lowest BCUT2D eigenvalue weighted by Crippen LogP contribution is -2.54. The molecule has 5 rings (SSSR count). The molecular formula is C32H34N4O5S. The Balaban J connectivity index is 1.19. The number of piperazine rings is 1. The third-order valence-electron chi connectivity index (χ3n) is 7.16. The number of anilines is 1. The van der Waals surface area contributed by atoms with Gasteiger partial charge in [0.05, 0.1) is 7.11 Å². The van der Waals surface area contributed by atoms with E-state index in [-0.39, 0.29) is 0 Å². The molecule has 2 aliphatic heterocycles. The molecule has 0 spiro atoms. The van der Waals surface area contributed by atoms with Crippen molar-refractivity contribution in [1.82, 2.24) is 14.3 Å². The third-order valence-corrected chi connectivity index (χ3v) is 8.86. The van der Waals surface area contributed by atoms with E-state index in [9.17, 15) is 13.2 Å². The van der Waals surface area contributed by atoms with Crippen LogP contribution in [-0.2, 0) is 26.3 Å². The van der Waals surface area contributed by atoms with Crippen LogP contribution in [0, 0.1) is 11.8 Å². The lowest BCUT2D eigenvalue weighted by Gasteiger charge is -2.35. The molecule has 2 heterocycles. The molecule has 9 nitrogen and oxygen atoms in total. The Kier molecular flexibility index (Phi) is 9.12. The number of esters is 1. The second-order valence-corrected chi connectivity index (χ2v) is 11.7. The Morgan fingerprint density at radius 1 is 0.976 bits per heavy atom. The summed E-state index contributed by atoms with van der Waals surface area (Å²) in [5.74, 6) is 6.73. The highest BCUT2D eigenvalue weighted by atomic mass is 32.2. The van der Waals surface area contributed by atoms with Gasteiger partial charge in [0.2, 0.25) is 0 Å². The normalized spacial score (nSPS) is 15.8. The van der Waals surface area contributed by atoms with E-state index >= 15 is 0 Å². The fourth-order valence-corrected chi connectivity index (χ4v) is 6.17. The molecule has 218 valence electrons. The SMILES string of the molecule is COC(=O)[C@@H](C)NS(=O)(=O)N1CCN(c2ccc(C#Cc3ccc4c(c3)C(NCc3ccccc3)=CCO4)cc2)CC1. The molecule has 3 aromatic rings. The molecular weight excluding hydrogens is 552 g/mol. The van der Waals surface area contributed by atoms with Gasteiger partial charge in [0, 0.05) is 60.8 Å². The van der Waals surface area contributed by atoms with Gasteiger partial charge in [-0.3, -0.25) is 4.79 Å². The minimum Gasteiger partial charge on any atom is -0.489 e. The van der Waals surface area contributed by atoms with Crippen LogP contribution < -0.4 is 19.7 Å². The molecule has 2 N–H and O–H groups in total. The Bertz CT molecular complexity index is 1600. The number of fused-ring (bicyclic) bond motifs is 1. The average Bonchev–Trinajstić information content (AvgIpc) is 3.03. The van der Waals surface area contributed by atoms with Crippen LogP contribution in [0.2, 0.25) is 0 Å². The molecule has 2 aliphatic rings. The van der Waals surface area contributed by atoms with Crippen LogP contribution in [0.25, 0.3) is 5.70 Å². The number of hydrogen-bond donors (Lipinski definition) is 2. The molecule has 1 fully saturated rings. The second-order valence-electron chi connectivity index (χ2n) is 10.0. The first-order valence-electron chi connectivity index (χ1n) is 13.8. The molecule has 3 aromatic carbocycles. The van der Waals surface area contributed by atoms with Crippen molar-refractivity contribution in [2.75, 3.05) is 44.8 Å². The van der Waals surface area contributed by atoms with Crippen molar-refractivity contribution < 1.29 is 22.7 Å². The summed E-state index contributed by atoms with van der Waals surface area (Å²) in [4.78, 5) is 13.7. The fraction of sp³-hybridized carbons (Fsp3) is 0.281. The fourth-order valence-electron chi connectivity index (χ4n) is 4.84. The van der Waals surface area contributed by atoms with Gasteiger partial charge in [0.15, 0.2) is 0 Å². The number of methoxy groups -OCH3 is 1. The number of nitrogens with one attached hydrogen (secondary N) is 2. The maximum absolute atomic E-state index is 12.6. The summed E-state index contributed by atoms with van der Waals surface area (Å²) >= 11 is 0. The summed E-state index contributed by atoms with van der Waals surface area (Å²) in [6.07, 6.45) is 2.05. The van der Waals surface area contributed by atoms with Crippen molar-refractivity contribution in [3.63, 3.8) is 0 Å². The van der Waals surface area contributed by atoms with Crippen LogP contribution in [0.4, 0.5) is 5.69 Å². The summed E-state index contributed by atoms with van der Waals surface area (Å²) in [6.45, 7) is 4.39. The lowest BCUT2D eigenvalue weighted by atomic mass is 10.0. The van der Waals surface area contributed by atoms with Crippen LogP contribution >= 0.6 is 0 Å². The van der Waals surface area contributed by atoms with Gasteiger partial charge in [-0.05, 0) is 61.0 Å². The van der Waals surface area contributed by atoms with Crippen LogP contribution in [0.1, 0.15) is 29.2 Å². The lowest BCUT2D eigenvalue weighted by molar-refractivity contribution is -0.142. The highest BCUT2D eigenvalue weighted by Crippen LogP contribution is 2.29. The minimum absolute atomic E-state index is 0.309. The quantitative estimate of drug-likeness (QED) is 0.309. The zero-order valence-corrected chi connectivity index (χ0v) is 24.5. The average molecular weight is 587 g/mol. The molecule has 0 bridgehead atoms. The summed E-state index contributed by atoms with van der Waals surface area (Å²) < 4.78 is 39.4.